The van der Waals surface area contributed by atoms with E-state index >= 15 is 0 Å². The molecular weight excluding hydrogens is 302 g/mol. The van der Waals surface area contributed by atoms with Crippen molar-refractivity contribution in [1.29, 1.82) is 0 Å². The molecule has 0 saturated heterocycles. The Morgan fingerprint density at radius 3 is 2.95 bits per heavy atom. The van der Waals surface area contributed by atoms with Gasteiger partial charge in [-0.1, -0.05) is 13.0 Å². The van der Waals surface area contributed by atoms with Crippen LogP contribution in [0.15, 0.2) is 35.8 Å². The average molecular weight is 317 g/mol. The fraction of sp³-hybridized carbons (Fsp3) is 0.200. The van der Waals surface area contributed by atoms with E-state index in [0.717, 1.165) is 16.0 Å². The second kappa shape index (κ2) is 5.83. The van der Waals surface area contributed by atoms with Gasteiger partial charge in [0, 0.05) is 11.1 Å². The molecule has 0 saturated carbocycles. The highest BCUT2D eigenvalue weighted by Gasteiger charge is 2.20. The highest BCUT2D eigenvalue weighted by Crippen LogP contribution is 2.32. The normalized spacial score (nSPS) is 12.4. The van der Waals surface area contributed by atoms with Gasteiger partial charge in [0.1, 0.15) is 10.4 Å². The standard InChI is InChI=1S/C15H15N3OS2/c1-2-9(10-6-4-8-20-10)18-15(19)14-12(16)13-11(21-14)5-3-7-17-13/h3-9H,2,16H2,1H3,(H,18,19). The van der Waals surface area contributed by atoms with Crippen molar-refractivity contribution in [2.45, 2.75) is 19.4 Å². The number of hydrogen-bond acceptors (Lipinski definition) is 5. The van der Waals surface area contributed by atoms with E-state index in [0.29, 0.717) is 16.1 Å². The van der Waals surface area contributed by atoms with E-state index in [1.165, 1.54) is 11.3 Å². The lowest BCUT2D eigenvalue weighted by molar-refractivity contribution is 0.0941. The maximum atomic E-state index is 12.5. The van der Waals surface area contributed by atoms with Crippen molar-refractivity contribution in [2.24, 2.45) is 0 Å². The fourth-order valence-corrected chi connectivity index (χ4v) is 4.05. The number of nitrogens with two attached hydrogens (primary N) is 1. The van der Waals surface area contributed by atoms with Crippen LogP contribution in [0.4, 0.5) is 5.69 Å². The predicted molar refractivity (Wildman–Crippen MR) is 88.8 cm³/mol. The predicted octanol–water partition coefficient (Wildman–Crippen LogP) is 3.82. The van der Waals surface area contributed by atoms with Crippen LogP contribution in [0, 0.1) is 0 Å². The second-order valence-corrected chi connectivity index (χ2v) is 6.68. The van der Waals surface area contributed by atoms with Gasteiger partial charge >= 0.3 is 0 Å². The van der Waals surface area contributed by atoms with E-state index in [9.17, 15) is 4.79 Å². The van der Waals surface area contributed by atoms with Crippen LogP contribution in [0.25, 0.3) is 10.2 Å². The molecule has 0 fully saturated rings. The lowest BCUT2D eigenvalue weighted by Crippen LogP contribution is -2.27. The molecule has 3 aromatic rings. The van der Waals surface area contributed by atoms with Crippen LogP contribution in [-0.4, -0.2) is 10.9 Å². The summed E-state index contributed by atoms with van der Waals surface area (Å²) in [4.78, 5) is 18.4. The van der Waals surface area contributed by atoms with E-state index in [2.05, 4.69) is 17.2 Å². The molecule has 1 amide bonds. The molecular formula is C15H15N3OS2. The minimum Gasteiger partial charge on any atom is -0.396 e. The van der Waals surface area contributed by atoms with Crippen LogP contribution < -0.4 is 11.1 Å². The molecule has 0 aliphatic carbocycles. The van der Waals surface area contributed by atoms with E-state index in [1.54, 1.807) is 17.5 Å². The van der Waals surface area contributed by atoms with Crippen molar-refractivity contribution in [1.82, 2.24) is 10.3 Å². The number of hydrogen-bond donors (Lipinski definition) is 2. The van der Waals surface area contributed by atoms with Gasteiger partial charge < -0.3 is 11.1 Å². The average Bonchev–Trinajstić information content (AvgIpc) is 3.13. The van der Waals surface area contributed by atoms with Gasteiger partial charge in [0.2, 0.25) is 0 Å². The molecule has 1 atom stereocenters. The number of pyridine rings is 1. The van der Waals surface area contributed by atoms with Crippen molar-refractivity contribution < 1.29 is 4.79 Å². The molecule has 3 N–H and O–H groups in total. The monoisotopic (exact) mass is 317 g/mol. The van der Waals surface area contributed by atoms with Gasteiger partial charge in [0.05, 0.1) is 16.4 Å². The van der Waals surface area contributed by atoms with E-state index < -0.39 is 0 Å². The van der Waals surface area contributed by atoms with Crippen molar-refractivity contribution >= 4 is 44.5 Å². The highest BCUT2D eigenvalue weighted by atomic mass is 32.1. The summed E-state index contributed by atoms with van der Waals surface area (Å²) in [5.41, 5.74) is 7.24. The van der Waals surface area contributed by atoms with E-state index in [-0.39, 0.29) is 11.9 Å². The Morgan fingerprint density at radius 2 is 2.29 bits per heavy atom. The summed E-state index contributed by atoms with van der Waals surface area (Å²) in [5, 5.41) is 5.08. The first-order valence-corrected chi connectivity index (χ1v) is 8.37. The Hall–Kier alpha value is -1.92. The summed E-state index contributed by atoms with van der Waals surface area (Å²) in [6.07, 6.45) is 2.53. The molecule has 21 heavy (non-hydrogen) atoms. The molecule has 0 aliphatic heterocycles. The summed E-state index contributed by atoms with van der Waals surface area (Å²) in [7, 11) is 0. The summed E-state index contributed by atoms with van der Waals surface area (Å²) in [6.45, 7) is 2.06. The molecule has 1 unspecified atom stereocenters. The first-order chi connectivity index (χ1) is 10.2. The van der Waals surface area contributed by atoms with Crippen LogP contribution in [0.2, 0.25) is 0 Å². The fourth-order valence-electron chi connectivity index (χ4n) is 2.20. The Labute approximate surface area is 130 Å². The van der Waals surface area contributed by atoms with Gasteiger partial charge in [-0.15, -0.1) is 22.7 Å². The number of carbonyl (C=O) groups is 1. The van der Waals surface area contributed by atoms with Gasteiger partial charge in [0.15, 0.2) is 0 Å². The summed E-state index contributed by atoms with van der Waals surface area (Å²) < 4.78 is 0.935. The largest absolute Gasteiger partial charge is 0.396 e. The van der Waals surface area contributed by atoms with E-state index in [1.807, 2.05) is 29.6 Å². The third kappa shape index (κ3) is 2.64. The smallest absolute Gasteiger partial charge is 0.264 e. The zero-order chi connectivity index (χ0) is 14.8. The summed E-state index contributed by atoms with van der Waals surface area (Å²) in [6, 6.07) is 7.83. The number of nitrogens with zero attached hydrogens (tertiary/aromatic N) is 1. The highest BCUT2D eigenvalue weighted by molar-refractivity contribution is 7.21. The molecule has 0 aromatic carbocycles. The van der Waals surface area contributed by atoms with Crippen LogP contribution >= 0.6 is 22.7 Å². The van der Waals surface area contributed by atoms with Gasteiger partial charge in [-0.05, 0) is 30.0 Å². The summed E-state index contributed by atoms with van der Waals surface area (Å²) >= 11 is 3.03. The third-order valence-electron chi connectivity index (χ3n) is 3.29. The maximum absolute atomic E-state index is 12.5. The van der Waals surface area contributed by atoms with Gasteiger partial charge in [-0.2, -0.15) is 0 Å². The van der Waals surface area contributed by atoms with Crippen LogP contribution in [0.1, 0.15) is 33.9 Å². The molecule has 0 aliphatic rings. The minimum absolute atomic E-state index is 0.0232. The number of carbonyl (C=O) groups excluding carboxylic acids is 1. The van der Waals surface area contributed by atoms with Crippen LogP contribution in [0.3, 0.4) is 0 Å². The third-order valence-corrected chi connectivity index (χ3v) is 5.43. The topological polar surface area (TPSA) is 68.0 Å². The molecule has 0 spiro atoms. The zero-order valence-electron chi connectivity index (χ0n) is 11.5. The number of fused-ring (bicyclic) bond motifs is 1. The molecule has 3 rings (SSSR count). The van der Waals surface area contributed by atoms with Gasteiger partial charge in [-0.25, -0.2) is 0 Å². The lowest BCUT2D eigenvalue weighted by atomic mass is 10.2. The Bertz CT molecular complexity index is 764. The second-order valence-electron chi connectivity index (χ2n) is 4.64. The van der Waals surface area contributed by atoms with Crippen LogP contribution in [0.5, 0.6) is 0 Å². The molecule has 6 heteroatoms. The van der Waals surface area contributed by atoms with Gasteiger partial charge in [-0.3, -0.25) is 9.78 Å². The Kier molecular flexibility index (Phi) is 3.90. The molecule has 0 bridgehead atoms. The van der Waals surface area contributed by atoms with Crippen molar-refractivity contribution in [3.05, 3.63) is 45.6 Å². The SMILES string of the molecule is CCC(NC(=O)c1sc2cccnc2c1N)c1cccs1. The minimum atomic E-state index is -0.129. The molecule has 3 aromatic heterocycles. The lowest BCUT2D eigenvalue weighted by Gasteiger charge is -2.15. The van der Waals surface area contributed by atoms with Crippen LogP contribution in [-0.2, 0) is 0 Å². The number of anilines is 1. The number of amides is 1. The molecule has 108 valence electrons. The quantitative estimate of drug-likeness (QED) is 0.768. The number of aromatic nitrogens is 1. The Morgan fingerprint density at radius 1 is 1.43 bits per heavy atom. The Balaban J connectivity index is 1.88. The van der Waals surface area contributed by atoms with Crippen molar-refractivity contribution in [2.75, 3.05) is 5.73 Å². The number of thiophene rings is 2. The first kappa shape index (κ1) is 14.0. The van der Waals surface area contributed by atoms with E-state index in [4.69, 9.17) is 5.73 Å². The summed E-state index contributed by atoms with van der Waals surface area (Å²) in [5.74, 6) is -0.129. The van der Waals surface area contributed by atoms with Crippen molar-refractivity contribution in [3.63, 3.8) is 0 Å². The maximum Gasteiger partial charge on any atom is 0.264 e. The zero-order valence-corrected chi connectivity index (χ0v) is 13.1. The number of nitrogen functional groups attached to an aromatic ring is 1. The number of rotatable bonds is 4. The van der Waals surface area contributed by atoms with Crippen molar-refractivity contribution in [3.8, 4) is 0 Å². The molecule has 0 radical (unpaired) electrons. The first-order valence-electron chi connectivity index (χ1n) is 6.68. The molecule has 4 nitrogen and oxygen atoms in total. The number of nitrogens with one attached hydrogen (secondary N) is 1. The molecule has 3 heterocycles. The van der Waals surface area contributed by atoms with Gasteiger partial charge in [0.25, 0.3) is 5.91 Å².